The molecule has 2 aliphatic rings. The Morgan fingerprint density at radius 1 is 1.31 bits per heavy atom. The molecule has 0 saturated carbocycles. The summed E-state index contributed by atoms with van der Waals surface area (Å²) in [5.74, 6) is -0.816. The van der Waals surface area contributed by atoms with Crippen LogP contribution in [-0.4, -0.2) is 31.1 Å². The highest BCUT2D eigenvalue weighted by Gasteiger charge is 2.31. The number of ketones is 1. The van der Waals surface area contributed by atoms with Gasteiger partial charge in [-0.3, -0.25) is 4.79 Å². The molecule has 0 aromatic rings. The quantitative estimate of drug-likeness (QED) is 0.324. The van der Waals surface area contributed by atoms with Crippen molar-refractivity contribution >= 4 is 17.7 Å². The van der Waals surface area contributed by atoms with E-state index in [-0.39, 0.29) is 16.8 Å². The summed E-state index contributed by atoms with van der Waals surface area (Å²) in [6, 6.07) is 0. The molecule has 0 unspecified atom stereocenters. The molecule has 0 radical (unpaired) electrons. The molecule has 0 amide bonds. The Hall–Kier alpha value is -2.63. The number of methoxy groups -OCH3 is 1. The second-order valence-electron chi connectivity index (χ2n) is 7.13. The van der Waals surface area contributed by atoms with Gasteiger partial charge in [-0.05, 0) is 30.9 Å². The van der Waals surface area contributed by atoms with Crippen molar-refractivity contribution in [1.82, 2.24) is 0 Å². The van der Waals surface area contributed by atoms with Crippen LogP contribution < -0.4 is 0 Å². The van der Waals surface area contributed by atoms with Crippen molar-refractivity contribution in [1.29, 1.82) is 0 Å². The third kappa shape index (κ3) is 4.50. The number of hydrogen-bond donors (Lipinski definition) is 0. The summed E-state index contributed by atoms with van der Waals surface area (Å²) < 4.78 is 15.1. The van der Waals surface area contributed by atoms with E-state index < -0.39 is 18.2 Å². The number of ether oxygens (including phenoxy) is 3. The maximum absolute atomic E-state index is 12.0. The minimum absolute atomic E-state index is 0.175. The van der Waals surface area contributed by atoms with Crippen molar-refractivity contribution < 1.29 is 28.6 Å². The standard InChI is InChI=1S/C20H24O6/c1-12-8-15(21)10-20(3,4)16(12)7-6-14(19(23)24-5)11-25-17-9-13(2)18(22)26-17/h6-7,9,11,17H,8,10H2,1-5H3/b7-6+,14-11+/t17-/m1/s1. The molecule has 6 heteroatoms. The average molecular weight is 360 g/mol. The number of carbonyl (C=O) groups excluding carboxylic acids is 3. The molecule has 26 heavy (non-hydrogen) atoms. The van der Waals surface area contributed by atoms with E-state index in [0.29, 0.717) is 18.4 Å². The fourth-order valence-corrected chi connectivity index (χ4v) is 3.15. The van der Waals surface area contributed by atoms with Gasteiger partial charge in [0.25, 0.3) is 6.29 Å². The molecule has 0 aromatic heterocycles. The van der Waals surface area contributed by atoms with Crippen molar-refractivity contribution in [3.63, 3.8) is 0 Å². The van der Waals surface area contributed by atoms with Gasteiger partial charge in [0, 0.05) is 24.5 Å². The van der Waals surface area contributed by atoms with Gasteiger partial charge in [-0.15, -0.1) is 0 Å². The monoisotopic (exact) mass is 360 g/mol. The third-order valence-electron chi connectivity index (χ3n) is 4.40. The van der Waals surface area contributed by atoms with E-state index >= 15 is 0 Å². The minimum Gasteiger partial charge on any atom is -0.465 e. The van der Waals surface area contributed by atoms with Crippen LogP contribution in [0, 0.1) is 5.41 Å². The number of cyclic esters (lactones) is 1. The van der Waals surface area contributed by atoms with Crippen LogP contribution in [0.25, 0.3) is 0 Å². The molecule has 1 aliphatic carbocycles. The van der Waals surface area contributed by atoms with Crippen LogP contribution in [-0.2, 0) is 28.6 Å². The number of carbonyl (C=O) groups is 3. The lowest BCUT2D eigenvalue weighted by Crippen LogP contribution is -2.25. The summed E-state index contributed by atoms with van der Waals surface area (Å²) in [5.41, 5.74) is 2.31. The summed E-state index contributed by atoms with van der Waals surface area (Å²) in [6.45, 7) is 7.54. The van der Waals surface area contributed by atoms with Crippen LogP contribution in [0.2, 0.25) is 0 Å². The van der Waals surface area contributed by atoms with E-state index in [0.717, 1.165) is 11.1 Å². The van der Waals surface area contributed by atoms with Gasteiger partial charge >= 0.3 is 11.9 Å². The fourth-order valence-electron chi connectivity index (χ4n) is 3.15. The van der Waals surface area contributed by atoms with Gasteiger partial charge in [-0.2, -0.15) is 0 Å². The summed E-state index contributed by atoms with van der Waals surface area (Å²) in [5, 5.41) is 0. The molecule has 6 nitrogen and oxygen atoms in total. The SMILES string of the molecule is COC(=O)C(/C=C/C1=C(C)CC(=O)CC1(C)C)=C/O[C@H]1C=C(C)C(=O)O1. The van der Waals surface area contributed by atoms with E-state index in [1.807, 2.05) is 26.8 Å². The molecule has 0 saturated heterocycles. The predicted octanol–water partition coefficient (Wildman–Crippen LogP) is 3.15. The number of Topliss-reactive ketones (excluding diaryl/α,β-unsaturated/α-hetero) is 1. The molecule has 140 valence electrons. The van der Waals surface area contributed by atoms with Crippen LogP contribution in [0.5, 0.6) is 0 Å². The number of hydrogen-bond acceptors (Lipinski definition) is 6. The van der Waals surface area contributed by atoms with E-state index in [2.05, 4.69) is 0 Å². The van der Waals surface area contributed by atoms with Crippen molar-refractivity contribution in [2.75, 3.05) is 7.11 Å². The van der Waals surface area contributed by atoms with Crippen molar-refractivity contribution in [3.05, 3.63) is 46.8 Å². The summed E-state index contributed by atoms with van der Waals surface area (Å²) in [4.78, 5) is 35.2. The zero-order valence-electron chi connectivity index (χ0n) is 15.8. The second-order valence-corrected chi connectivity index (χ2v) is 7.13. The first-order valence-corrected chi connectivity index (χ1v) is 8.37. The number of allylic oxidation sites excluding steroid dienone is 3. The summed E-state index contributed by atoms with van der Waals surface area (Å²) >= 11 is 0. The van der Waals surface area contributed by atoms with E-state index in [4.69, 9.17) is 14.2 Å². The van der Waals surface area contributed by atoms with Gasteiger partial charge in [0.2, 0.25) is 0 Å². The van der Waals surface area contributed by atoms with Crippen molar-refractivity contribution in [3.8, 4) is 0 Å². The predicted molar refractivity (Wildman–Crippen MR) is 94.7 cm³/mol. The zero-order valence-corrected chi connectivity index (χ0v) is 15.8. The van der Waals surface area contributed by atoms with Gasteiger partial charge in [-0.1, -0.05) is 25.5 Å². The van der Waals surface area contributed by atoms with E-state index in [1.54, 1.807) is 13.0 Å². The Bertz CT molecular complexity index is 748. The molecule has 2 rings (SSSR count). The first kappa shape index (κ1) is 19.7. The van der Waals surface area contributed by atoms with E-state index in [9.17, 15) is 14.4 Å². The normalized spacial score (nSPS) is 23.2. The second kappa shape index (κ2) is 7.72. The molecule has 1 heterocycles. The lowest BCUT2D eigenvalue weighted by molar-refractivity contribution is -0.152. The first-order chi connectivity index (χ1) is 12.1. The molecular weight excluding hydrogens is 336 g/mol. The van der Waals surface area contributed by atoms with Gasteiger partial charge in [0.1, 0.15) is 12.0 Å². The lowest BCUT2D eigenvalue weighted by Gasteiger charge is -2.32. The fraction of sp³-hybridized carbons (Fsp3) is 0.450. The molecular formula is C20H24O6. The van der Waals surface area contributed by atoms with Crippen LogP contribution in [0.15, 0.2) is 46.8 Å². The van der Waals surface area contributed by atoms with Gasteiger partial charge in [0.05, 0.1) is 12.7 Å². The number of rotatable bonds is 5. The Balaban J connectivity index is 2.23. The largest absolute Gasteiger partial charge is 0.465 e. The highest BCUT2D eigenvalue weighted by molar-refractivity contribution is 5.92. The van der Waals surface area contributed by atoms with E-state index in [1.165, 1.54) is 19.4 Å². The molecule has 0 spiro atoms. The highest BCUT2D eigenvalue weighted by Crippen LogP contribution is 2.39. The molecule has 0 fully saturated rings. The topological polar surface area (TPSA) is 78.9 Å². The van der Waals surface area contributed by atoms with Crippen LogP contribution in [0.1, 0.15) is 40.5 Å². The Labute approximate surface area is 153 Å². The summed E-state index contributed by atoms with van der Waals surface area (Å²) in [7, 11) is 1.28. The average Bonchev–Trinajstić information content (AvgIpc) is 2.86. The first-order valence-electron chi connectivity index (χ1n) is 8.37. The van der Waals surface area contributed by atoms with Gasteiger partial charge in [-0.25, -0.2) is 9.59 Å². The Kier molecular flexibility index (Phi) is 5.85. The number of esters is 2. The Morgan fingerprint density at radius 2 is 2.00 bits per heavy atom. The lowest BCUT2D eigenvalue weighted by atomic mass is 9.72. The molecule has 0 N–H and O–H groups in total. The highest BCUT2D eigenvalue weighted by atomic mass is 16.7. The maximum atomic E-state index is 12.0. The maximum Gasteiger partial charge on any atom is 0.340 e. The summed E-state index contributed by atoms with van der Waals surface area (Å²) in [6.07, 6.45) is 6.16. The van der Waals surface area contributed by atoms with Crippen LogP contribution in [0.4, 0.5) is 0 Å². The zero-order chi connectivity index (χ0) is 19.5. The minimum atomic E-state index is -0.861. The van der Waals surface area contributed by atoms with Crippen LogP contribution >= 0.6 is 0 Å². The van der Waals surface area contributed by atoms with Crippen molar-refractivity contribution in [2.45, 2.75) is 46.8 Å². The Morgan fingerprint density at radius 3 is 2.54 bits per heavy atom. The van der Waals surface area contributed by atoms with Gasteiger partial charge < -0.3 is 14.2 Å². The molecule has 1 atom stereocenters. The smallest absolute Gasteiger partial charge is 0.340 e. The molecule has 0 aromatic carbocycles. The van der Waals surface area contributed by atoms with Gasteiger partial charge in [0.15, 0.2) is 0 Å². The third-order valence-corrected chi connectivity index (χ3v) is 4.40. The van der Waals surface area contributed by atoms with Crippen LogP contribution in [0.3, 0.4) is 0 Å². The van der Waals surface area contributed by atoms with Crippen molar-refractivity contribution in [2.24, 2.45) is 5.41 Å². The molecule has 0 bridgehead atoms. The molecule has 1 aliphatic heterocycles.